The molecule has 0 aromatic heterocycles. The van der Waals surface area contributed by atoms with Crippen molar-refractivity contribution in [3.63, 3.8) is 0 Å². The highest BCUT2D eigenvalue weighted by molar-refractivity contribution is 5.30. The minimum Gasteiger partial charge on any atom is -0.391 e. The molecule has 0 spiro atoms. The molecule has 1 aromatic carbocycles. The van der Waals surface area contributed by atoms with E-state index in [1.165, 1.54) is 0 Å². The summed E-state index contributed by atoms with van der Waals surface area (Å²) in [4.78, 5) is 0. The molecule has 3 heteroatoms. The van der Waals surface area contributed by atoms with Crippen molar-refractivity contribution in [3.8, 4) is 0 Å². The van der Waals surface area contributed by atoms with Crippen molar-refractivity contribution < 1.29 is 5.11 Å². The van der Waals surface area contributed by atoms with Crippen LogP contribution in [0.3, 0.4) is 0 Å². The summed E-state index contributed by atoms with van der Waals surface area (Å²) in [5.74, 6) is 0. The molecule has 2 unspecified atom stereocenters. The molecule has 0 heterocycles. The predicted octanol–water partition coefficient (Wildman–Crippen LogP) is 0.568. The monoisotopic (exact) mass is 194 g/mol. The number of hydrogen-bond acceptors (Lipinski definition) is 3. The first-order valence-corrected chi connectivity index (χ1v) is 4.88. The third-order valence-electron chi connectivity index (χ3n) is 2.35. The van der Waals surface area contributed by atoms with Crippen molar-refractivity contribution in [2.75, 3.05) is 6.54 Å². The summed E-state index contributed by atoms with van der Waals surface area (Å²) in [5.41, 5.74) is 13.5. The van der Waals surface area contributed by atoms with Gasteiger partial charge in [-0.1, -0.05) is 24.3 Å². The van der Waals surface area contributed by atoms with Gasteiger partial charge in [0.25, 0.3) is 0 Å². The van der Waals surface area contributed by atoms with Crippen LogP contribution in [-0.2, 0) is 6.42 Å². The van der Waals surface area contributed by atoms with Crippen molar-refractivity contribution in [2.45, 2.75) is 25.5 Å². The molecule has 1 aromatic rings. The van der Waals surface area contributed by atoms with Gasteiger partial charge in [-0.2, -0.15) is 0 Å². The first-order valence-electron chi connectivity index (χ1n) is 4.88. The van der Waals surface area contributed by atoms with Crippen LogP contribution in [0.25, 0.3) is 0 Å². The Bertz CT molecular complexity index is 286. The summed E-state index contributed by atoms with van der Waals surface area (Å²) in [6, 6.07) is 7.52. The van der Waals surface area contributed by atoms with Crippen molar-refractivity contribution in [1.29, 1.82) is 0 Å². The SMILES string of the molecule is CC(O)C(N)c1ccccc1CCN. The molecule has 0 aliphatic heterocycles. The summed E-state index contributed by atoms with van der Waals surface area (Å²) in [6.45, 7) is 2.30. The zero-order valence-electron chi connectivity index (χ0n) is 8.48. The van der Waals surface area contributed by atoms with Gasteiger partial charge in [0.15, 0.2) is 0 Å². The fourth-order valence-electron chi connectivity index (χ4n) is 1.50. The zero-order chi connectivity index (χ0) is 10.6. The summed E-state index contributed by atoms with van der Waals surface area (Å²) in [5, 5.41) is 9.41. The second-order valence-electron chi connectivity index (χ2n) is 3.50. The van der Waals surface area contributed by atoms with E-state index < -0.39 is 6.10 Å². The first-order chi connectivity index (χ1) is 6.66. The van der Waals surface area contributed by atoms with Crippen LogP contribution in [0, 0.1) is 0 Å². The lowest BCUT2D eigenvalue weighted by atomic mass is 9.96. The second-order valence-corrected chi connectivity index (χ2v) is 3.50. The van der Waals surface area contributed by atoms with Crippen molar-refractivity contribution in [3.05, 3.63) is 35.4 Å². The number of nitrogens with two attached hydrogens (primary N) is 2. The second kappa shape index (κ2) is 5.10. The molecule has 14 heavy (non-hydrogen) atoms. The molecule has 2 atom stereocenters. The molecule has 1 rings (SSSR count). The van der Waals surface area contributed by atoms with Gasteiger partial charge in [-0.15, -0.1) is 0 Å². The van der Waals surface area contributed by atoms with Crippen molar-refractivity contribution in [1.82, 2.24) is 0 Å². The number of aliphatic hydroxyl groups is 1. The molecular weight excluding hydrogens is 176 g/mol. The van der Waals surface area contributed by atoms with Gasteiger partial charge in [-0.05, 0) is 31.0 Å². The normalized spacial score (nSPS) is 15.1. The summed E-state index contributed by atoms with van der Waals surface area (Å²) >= 11 is 0. The zero-order valence-corrected chi connectivity index (χ0v) is 8.48. The van der Waals surface area contributed by atoms with Crippen LogP contribution in [-0.4, -0.2) is 17.8 Å². The van der Waals surface area contributed by atoms with Crippen LogP contribution in [0.15, 0.2) is 24.3 Å². The van der Waals surface area contributed by atoms with E-state index in [2.05, 4.69) is 0 Å². The van der Waals surface area contributed by atoms with E-state index in [4.69, 9.17) is 11.5 Å². The van der Waals surface area contributed by atoms with Crippen molar-refractivity contribution in [2.24, 2.45) is 11.5 Å². The fourth-order valence-corrected chi connectivity index (χ4v) is 1.50. The van der Waals surface area contributed by atoms with Gasteiger partial charge >= 0.3 is 0 Å². The molecule has 5 N–H and O–H groups in total. The smallest absolute Gasteiger partial charge is 0.0704 e. The molecule has 3 nitrogen and oxygen atoms in total. The van der Waals surface area contributed by atoms with E-state index >= 15 is 0 Å². The standard InChI is InChI=1S/C11H18N2O/c1-8(14)11(13)10-5-3-2-4-9(10)6-7-12/h2-5,8,11,14H,6-7,12-13H2,1H3. The molecule has 0 saturated carbocycles. The highest BCUT2D eigenvalue weighted by Crippen LogP contribution is 2.19. The van der Waals surface area contributed by atoms with E-state index in [-0.39, 0.29) is 6.04 Å². The van der Waals surface area contributed by atoms with Gasteiger partial charge < -0.3 is 16.6 Å². The Morgan fingerprint density at radius 3 is 2.57 bits per heavy atom. The van der Waals surface area contributed by atoms with E-state index in [1.54, 1.807) is 6.92 Å². The number of benzene rings is 1. The largest absolute Gasteiger partial charge is 0.391 e. The quantitative estimate of drug-likeness (QED) is 0.656. The average Bonchev–Trinajstić information content (AvgIpc) is 2.18. The number of aliphatic hydroxyl groups excluding tert-OH is 1. The minimum atomic E-state index is -0.533. The van der Waals surface area contributed by atoms with Crippen LogP contribution in [0.2, 0.25) is 0 Å². The summed E-state index contributed by atoms with van der Waals surface area (Å²) < 4.78 is 0. The van der Waals surface area contributed by atoms with Crippen LogP contribution in [0.4, 0.5) is 0 Å². The lowest BCUT2D eigenvalue weighted by Gasteiger charge is -2.18. The molecule has 0 fully saturated rings. The van der Waals surface area contributed by atoms with Gasteiger partial charge in [-0.25, -0.2) is 0 Å². The van der Waals surface area contributed by atoms with E-state index in [0.29, 0.717) is 6.54 Å². The highest BCUT2D eigenvalue weighted by atomic mass is 16.3. The fraction of sp³-hybridized carbons (Fsp3) is 0.455. The van der Waals surface area contributed by atoms with Crippen LogP contribution < -0.4 is 11.5 Å². The minimum absolute atomic E-state index is 0.322. The van der Waals surface area contributed by atoms with Gasteiger partial charge in [-0.3, -0.25) is 0 Å². The Balaban J connectivity index is 2.94. The Morgan fingerprint density at radius 2 is 2.00 bits per heavy atom. The highest BCUT2D eigenvalue weighted by Gasteiger charge is 2.14. The first kappa shape index (κ1) is 11.2. The van der Waals surface area contributed by atoms with E-state index in [9.17, 15) is 5.11 Å². The van der Waals surface area contributed by atoms with Gasteiger partial charge in [0.1, 0.15) is 0 Å². The maximum atomic E-state index is 9.41. The third kappa shape index (κ3) is 2.54. The summed E-state index contributed by atoms with van der Waals surface area (Å²) in [6.07, 6.45) is 0.269. The number of hydrogen-bond donors (Lipinski definition) is 3. The molecule has 0 amide bonds. The molecule has 0 bridgehead atoms. The Hall–Kier alpha value is -0.900. The maximum Gasteiger partial charge on any atom is 0.0704 e. The van der Waals surface area contributed by atoms with Gasteiger partial charge in [0, 0.05) is 0 Å². The van der Waals surface area contributed by atoms with E-state index in [0.717, 1.165) is 17.5 Å². The molecule has 78 valence electrons. The Morgan fingerprint density at radius 1 is 1.36 bits per heavy atom. The Kier molecular flexibility index (Phi) is 4.07. The van der Waals surface area contributed by atoms with Crippen LogP contribution >= 0.6 is 0 Å². The number of rotatable bonds is 4. The molecule has 0 aliphatic rings. The van der Waals surface area contributed by atoms with E-state index in [1.807, 2.05) is 24.3 Å². The lowest BCUT2D eigenvalue weighted by Crippen LogP contribution is -2.24. The molecular formula is C11H18N2O. The average molecular weight is 194 g/mol. The summed E-state index contributed by atoms with van der Waals surface area (Å²) in [7, 11) is 0. The van der Waals surface area contributed by atoms with Crippen LogP contribution in [0.5, 0.6) is 0 Å². The van der Waals surface area contributed by atoms with Crippen molar-refractivity contribution >= 4 is 0 Å². The molecule has 0 saturated heterocycles. The lowest BCUT2D eigenvalue weighted by molar-refractivity contribution is 0.164. The topological polar surface area (TPSA) is 72.3 Å². The predicted molar refractivity (Wildman–Crippen MR) is 57.8 cm³/mol. The van der Waals surface area contributed by atoms with Gasteiger partial charge in [0.05, 0.1) is 12.1 Å². The third-order valence-corrected chi connectivity index (χ3v) is 2.35. The maximum absolute atomic E-state index is 9.41. The Labute approximate surface area is 84.7 Å². The van der Waals surface area contributed by atoms with Crippen LogP contribution in [0.1, 0.15) is 24.1 Å². The molecule has 0 aliphatic carbocycles. The van der Waals surface area contributed by atoms with Gasteiger partial charge in [0.2, 0.25) is 0 Å². The molecule has 0 radical (unpaired) electrons.